The van der Waals surface area contributed by atoms with Crippen molar-refractivity contribution in [3.63, 3.8) is 0 Å². The van der Waals surface area contributed by atoms with E-state index in [2.05, 4.69) is 24.4 Å². The molecule has 0 spiro atoms. The van der Waals surface area contributed by atoms with Crippen molar-refractivity contribution in [3.8, 4) is 0 Å². The lowest BCUT2D eigenvalue weighted by Gasteiger charge is -2.34. The maximum Gasteiger partial charge on any atom is 0.208 e. The summed E-state index contributed by atoms with van der Waals surface area (Å²) in [5, 5.41) is 11.3. The van der Waals surface area contributed by atoms with Gasteiger partial charge in [0.05, 0.1) is 5.69 Å². The lowest BCUT2D eigenvalue weighted by atomic mass is 10.0. The maximum absolute atomic E-state index is 14.6. The summed E-state index contributed by atoms with van der Waals surface area (Å²) < 4.78 is 28.5. The van der Waals surface area contributed by atoms with Crippen LogP contribution in [0.1, 0.15) is 35.0 Å². The Morgan fingerprint density at radius 1 is 1.17 bits per heavy atom. The molecule has 8 heteroatoms. The third-order valence-electron chi connectivity index (χ3n) is 5.43. The van der Waals surface area contributed by atoms with Crippen molar-refractivity contribution in [2.45, 2.75) is 31.2 Å². The SMILES string of the molecule is CCC1(c2ccccc2)SC(c2cc(F)ccc2F)=NN1c1nc2c(s1)CNCC2. The Labute approximate surface area is 182 Å². The minimum Gasteiger partial charge on any atom is -0.311 e. The molecule has 0 radical (unpaired) electrons. The van der Waals surface area contributed by atoms with Gasteiger partial charge in [0, 0.05) is 30.0 Å². The fourth-order valence-corrected chi connectivity index (χ4v) is 6.35. The molecule has 1 atom stereocenters. The van der Waals surface area contributed by atoms with Crippen molar-refractivity contribution >= 4 is 33.3 Å². The smallest absolute Gasteiger partial charge is 0.208 e. The first-order valence-corrected chi connectivity index (χ1v) is 11.5. The molecule has 0 amide bonds. The minimum atomic E-state index is -0.580. The molecular formula is C22H20F2N4S2. The van der Waals surface area contributed by atoms with Crippen LogP contribution in [0, 0.1) is 11.6 Å². The van der Waals surface area contributed by atoms with Crippen LogP contribution in [0.5, 0.6) is 0 Å². The van der Waals surface area contributed by atoms with Crippen molar-refractivity contribution in [2.24, 2.45) is 5.10 Å². The number of aromatic nitrogens is 1. The van der Waals surface area contributed by atoms with Gasteiger partial charge in [-0.1, -0.05) is 60.4 Å². The van der Waals surface area contributed by atoms with Crippen LogP contribution in [-0.4, -0.2) is 16.6 Å². The number of hydrogen-bond acceptors (Lipinski definition) is 6. The predicted octanol–water partition coefficient (Wildman–Crippen LogP) is 5.25. The van der Waals surface area contributed by atoms with E-state index >= 15 is 0 Å². The monoisotopic (exact) mass is 442 g/mol. The lowest BCUT2D eigenvalue weighted by Crippen LogP contribution is -2.36. The van der Waals surface area contributed by atoms with E-state index in [-0.39, 0.29) is 5.56 Å². The van der Waals surface area contributed by atoms with Gasteiger partial charge in [-0.3, -0.25) is 0 Å². The topological polar surface area (TPSA) is 40.5 Å². The molecule has 2 aliphatic rings. The first kappa shape index (κ1) is 19.7. The zero-order chi connectivity index (χ0) is 20.7. The molecule has 0 fully saturated rings. The van der Waals surface area contributed by atoms with Crippen molar-refractivity contribution in [1.82, 2.24) is 10.3 Å². The van der Waals surface area contributed by atoms with E-state index in [1.807, 2.05) is 23.2 Å². The second kappa shape index (κ2) is 7.76. The average Bonchev–Trinajstić information content (AvgIpc) is 3.38. The van der Waals surface area contributed by atoms with Crippen LogP contribution < -0.4 is 10.3 Å². The average molecular weight is 443 g/mol. The summed E-state index contributed by atoms with van der Waals surface area (Å²) in [6.07, 6.45) is 1.60. The third-order valence-corrected chi connectivity index (χ3v) is 8.04. The molecule has 0 saturated heterocycles. The molecule has 3 heterocycles. The summed E-state index contributed by atoms with van der Waals surface area (Å²) in [5.41, 5.74) is 2.33. The summed E-state index contributed by atoms with van der Waals surface area (Å²) >= 11 is 3.07. The largest absolute Gasteiger partial charge is 0.311 e. The Morgan fingerprint density at radius 3 is 2.77 bits per heavy atom. The van der Waals surface area contributed by atoms with Crippen molar-refractivity contribution < 1.29 is 8.78 Å². The Morgan fingerprint density at radius 2 is 2.00 bits per heavy atom. The highest BCUT2D eigenvalue weighted by molar-refractivity contribution is 8.15. The third kappa shape index (κ3) is 3.23. The molecule has 0 saturated carbocycles. The van der Waals surface area contributed by atoms with Gasteiger partial charge >= 0.3 is 0 Å². The number of thiazole rings is 1. The molecular weight excluding hydrogens is 422 g/mol. The molecule has 3 aromatic rings. The first-order valence-electron chi connectivity index (χ1n) is 9.89. The van der Waals surface area contributed by atoms with E-state index < -0.39 is 16.5 Å². The van der Waals surface area contributed by atoms with E-state index in [0.717, 1.165) is 48.0 Å². The second-order valence-electron chi connectivity index (χ2n) is 7.24. The molecule has 2 aliphatic heterocycles. The second-order valence-corrected chi connectivity index (χ2v) is 9.57. The zero-order valence-electron chi connectivity index (χ0n) is 16.4. The number of thioether (sulfide) groups is 1. The minimum absolute atomic E-state index is 0.180. The van der Waals surface area contributed by atoms with Gasteiger partial charge in [-0.2, -0.15) is 5.10 Å². The molecule has 0 bridgehead atoms. The van der Waals surface area contributed by atoms with Gasteiger partial charge in [0.15, 0.2) is 0 Å². The highest BCUT2D eigenvalue weighted by atomic mass is 32.2. The Kier molecular flexibility index (Phi) is 5.08. The summed E-state index contributed by atoms with van der Waals surface area (Å²) in [7, 11) is 0. The molecule has 5 rings (SSSR count). The van der Waals surface area contributed by atoms with Crippen LogP contribution in [0.2, 0.25) is 0 Å². The molecule has 154 valence electrons. The van der Waals surface area contributed by atoms with Crippen molar-refractivity contribution in [1.29, 1.82) is 0 Å². The van der Waals surface area contributed by atoms with Gasteiger partial charge in [0.2, 0.25) is 5.13 Å². The van der Waals surface area contributed by atoms with E-state index in [1.54, 1.807) is 11.3 Å². The molecule has 4 nitrogen and oxygen atoms in total. The van der Waals surface area contributed by atoms with Crippen LogP contribution in [0.25, 0.3) is 0 Å². The van der Waals surface area contributed by atoms with E-state index in [0.29, 0.717) is 11.5 Å². The number of hydrogen-bond donors (Lipinski definition) is 1. The molecule has 0 aliphatic carbocycles. The Bertz CT molecular complexity index is 1090. The molecule has 1 N–H and O–H groups in total. The summed E-state index contributed by atoms with van der Waals surface area (Å²) in [6, 6.07) is 13.6. The molecule has 30 heavy (non-hydrogen) atoms. The van der Waals surface area contributed by atoms with Crippen LogP contribution >= 0.6 is 23.1 Å². The summed E-state index contributed by atoms with van der Waals surface area (Å²) in [6.45, 7) is 3.79. The lowest BCUT2D eigenvalue weighted by molar-refractivity contribution is 0.571. The van der Waals surface area contributed by atoms with E-state index in [4.69, 9.17) is 10.1 Å². The van der Waals surface area contributed by atoms with Gasteiger partial charge in [-0.05, 0) is 30.2 Å². The first-order chi connectivity index (χ1) is 14.6. The van der Waals surface area contributed by atoms with Gasteiger partial charge in [0.25, 0.3) is 0 Å². The number of fused-ring (bicyclic) bond motifs is 1. The van der Waals surface area contributed by atoms with Crippen LogP contribution in [-0.2, 0) is 17.8 Å². The Balaban J connectivity index is 1.66. The number of hydrazone groups is 1. The van der Waals surface area contributed by atoms with Crippen molar-refractivity contribution in [2.75, 3.05) is 11.6 Å². The van der Waals surface area contributed by atoms with Gasteiger partial charge < -0.3 is 5.32 Å². The number of anilines is 1. The van der Waals surface area contributed by atoms with Crippen molar-refractivity contribution in [3.05, 3.63) is 81.9 Å². The van der Waals surface area contributed by atoms with Gasteiger partial charge in [-0.15, -0.1) is 0 Å². The van der Waals surface area contributed by atoms with E-state index in [1.165, 1.54) is 22.7 Å². The number of nitrogens with zero attached hydrogens (tertiary/aromatic N) is 3. The fraction of sp³-hybridized carbons (Fsp3) is 0.273. The number of nitrogens with one attached hydrogen (secondary N) is 1. The number of benzene rings is 2. The highest BCUT2D eigenvalue weighted by Crippen LogP contribution is 2.52. The van der Waals surface area contributed by atoms with Gasteiger partial charge in [-0.25, -0.2) is 18.8 Å². The van der Waals surface area contributed by atoms with Crippen LogP contribution in [0.4, 0.5) is 13.9 Å². The quantitative estimate of drug-likeness (QED) is 0.600. The fourth-order valence-electron chi connectivity index (χ4n) is 3.87. The zero-order valence-corrected chi connectivity index (χ0v) is 18.0. The van der Waals surface area contributed by atoms with Crippen LogP contribution in [0.15, 0.2) is 53.6 Å². The molecule has 2 aromatic carbocycles. The molecule has 1 aromatic heterocycles. The summed E-state index contributed by atoms with van der Waals surface area (Å²) in [4.78, 5) is 5.51. The normalized spacial score (nSPS) is 20.9. The number of halogens is 2. The van der Waals surface area contributed by atoms with Gasteiger partial charge in [0.1, 0.15) is 21.5 Å². The standard InChI is InChI=1S/C22H20F2N4S2/c1-2-22(14-6-4-3-5-7-14)28(21-26-18-10-11-25-13-19(18)29-21)27-20(30-22)16-12-15(23)8-9-17(16)24/h3-9,12,25H,2,10-11,13H2,1H3. The van der Waals surface area contributed by atoms with E-state index in [9.17, 15) is 8.78 Å². The van der Waals surface area contributed by atoms with Crippen LogP contribution in [0.3, 0.4) is 0 Å². The summed E-state index contributed by atoms with van der Waals surface area (Å²) in [5.74, 6) is -0.962. The Hall–Kier alpha value is -2.29. The predicted molar refractivity (Wildman–Crippen MR) is 119 cm³/mol. The number of rotatable bonds is 4. The maximum atomic E-state index is 14.6. The molecule has 1 unspecified atom stereocenters. The highest BCUT2D eigenvalue weighted by Gasteiger charge is 2.47.